The van der Waals surface area contributed by atoms with Crippen molar-refractivity contribution in [3.63, 3.8) is 0 Å². The molecular weight excluding hydrogens is 394 g/mol. The van der Waals surface area contributed by atoms with Gasteiger partial charge in [0.1, 0.15) is 6.61 Å². The van der Waals surface area contributed by atoms with Gasteiger partial charge in [-0.3, -0.25) is 4.98 Å². The molecule has 7 heteroatoms. The molecule has 0 unspecified atom stereocenters. The highest BCUT2D eigenvalue weighted by Gasteiger charge is 2.21. The molecule has 7 nitrogen and oxygen atoms in total. The second-order valence-electron chi connectivity index (χ2n) is 6.64. The number of carbonyl (C=O) groups excluding carboxylic acids is 1. The minimum absolute atomic E-state index is 0.0588. The first-order chi connectivity index (χ1) is 15.2. The van der Waals surface area contributed by atoms with Gasteiger partial charge in [-0.1, -0.05) is 30.3 Å². The summed E-state index contributed by atoms with van der Waals surface area (Å²) in [6, 6.07) is 20.5. The van der Waals surface area contributed by atoms with Crippen LogP contribution in [0.25, 0.3) is 16.8 Å². The van der Waals surface area contributed by atoms with Crippen LogP contribution in [0.4, 0.5) is 0 Å². The van der Waals surface area contributed by atoms with Gasteiger partial charge in [0.05, 0.1) is 25.6 Å². The molecule has 0 spiro atoms. The molecule has 4 rings (SSSR count). The number of esters is 1. The molecule has 0 saturated carbocycles. The van der Waals surface area contributed by atoms with Gasteiger partial charge in [-0.15, -0.1) is 0 Å². The number of carbonyl (C=O) groups is 1. The SMILES string of the molecule is COc1ccc(-c2cn(-c3ccccc3)nc2C(=O)OCc2ccccn2)cc1OC. The Kier molecular flexibility index (Phi) is 5.93. The van der Waals surface area contributed by atoms with Gasteiger partial charge in [0, 0.05) is 18.0 Å². The highest BCUT2D eigenvalue weighted by molar-refractivity contribution is 5.95. The van der Waals surface area contributed by atoms with Crippen molar-refractivity contribution in [2.75, 3.05) is 14.2 Å². The molecule has 31 heavy (non-hydrogen) atoms. The molecule has 0 N–H and O–H groups in total. The van der Waals surface area contributed by atoms with Crippen LogP contribution in [0.15, 0.2) is 79.1 Å². The zero-order chi connectivity index (χ0) is 21.6. The number of rotatable bonds is 7. The van der Waals surface area contributed by atoms with Crippen LogP contribution in [-0.4, -0.2) is 35.0 Å². The fraction of sp³-hybridized carbons (Fsp3) is 0.125. The second-order valence-corrected chi connectivity index (χ2v) is 6.64. The third-order valence-electron chi connectivity index (χ3n) is 4.70. The van der Waals surface area contributed by atoms with E-state index in [9.17, 15) is 4.79 Å². The van der Waals surface area contributed by atoms with Gasteiger partial charge in [0.2, 0.25) is 0 Å². The molecule has 0 aliphatic heterocycles. The monoisotopic (exact) mass is 415 g/mol. The van der Waals surface area contributed by atoms with E-state index in [-0.39, 0.29) is 12.3 Å². The summed E-state index contributed by atoms with van der Waals surface area (Å²) in [6.07, 6.45) is 3.45. The summed E-state index contributed by atoms with van der Waals surface area (Å²) in [5, 5.41) is 4.52. The molecule has 0 atom stereocenters. The number of ether oxygens (including phenoxy) is 3. The summed E-state index contributed by atoms with van der Waals surface area (Å²) >= 11 is 0. The van der Waals surface area contributed by atoms with Crippen LogP contribution in [0, 0.1) is 0 Å². The number of hydrogen-bond acceptors (Lipinski definition) is 6. The van der Waals surface area contributed by atoms with Crippen LogP contribution in [0.1, 0.15) is 16.2 Å². The van der Waals surface area contributed by atoms with Crippen molar-refractivity contribution in [3.05, 3.63) is 90.5 Å². The zero-order valence-corrected chi connectivity index (χ0v) is 17.2. The fourth-order valence-corrected chi connectivity index (χ4v) is 3.14. The van der Waals surface area contributed by atoms with Crippen molar-refractivity contribution in [3.8, 4) is 28.3 Å². The lowest BCUT2D eigenvalue weighted by atomic mass is 10.1. The predicted octanol–water partition coefficient (Wildman–Crippen LogP) is 4.31. The van der Waals surface area contributed by atoms with Crippen LogP contribution in [0.2, 0.25) is 0 Å². The number of benzene rings is 2. The van der Waals surface area contributed by atoms with Gasteiger partial charge >= 0.3 is 5.97 Å². The Bertz CT molecular complexity index is 1170. The first-order valence-corrected chi connectivity index (χ1v) is 9.64. The molecule has 2 heterocycles. The van der Waals surface area contributed by atoms with E-state index in [0.29, 0.717) is 22.8 Å². The van der Waals surface area contributed by atoms with E-state index in [2.05, 4.69) is 10.1 Å². The van der Waals surface area contributed by atoms with E-state index in [1.165, 1.54) is 0 Å². The van der Waals surface area contributed by atoms with Crippen molar-refractivity contribution in [2.24, 2.45) is 0 Å². The Morgan fingerprint density at radius 2 is 1.71 bits per heavy atom. The van der Waals surface area contributed by atoms with E-state index in [4.69, 9.17) is 14.2 Å². The first kappa shape index (κ1) is 20.2. The number of hydrogen-bond donors (Lipinski definition) is 0. The van der Waals surface area contributed by atoms with Crippen LogP contribution in [0.5, 0.6) is 11.5 Å². The Balaban J connectivity index is 1.72. The minimum atomic E-state index is -0.537. The Labute approximate surface area is 179 Å². The van der Waals surface area contributed by atoms with Crippen LogP contribution in [0.3, 0.4) is 0 Å². The molecule has 0 saturated heterocycles. The van der Waals surface area contributed by atoms with Crippen molar-refractivity contribution in [2.45, 2.75) is 6.61 Å². The Morgan fingerprint density at radius 3 is 2.42 bits per heavy atom. The van der Waals surface area contributed by atoms with E-state index in [1.54, 1.807) is 49.5 Å². The molecule has 0 amide bonds. The molecular formula is C24H21N3O4. The molecule has 2 aromatic carbocycles. The molecule has 0 bridgehead atoms. The first-order valence-electron chi connectivity index (χ1n) is 9.64. The highest BCUT2D eigenvalue weighted by Crippen LogP contribution is 2.34. The minimum Gasteiger partial charge on any atom is -0.493 e. The number of pyridine rings is 1. The number of aromatic nitrogens is 3. The van der Waals surface area contributed by atoms with Crippen LogP contribution in [-0.2, 0) is 11.3 Å². The maximum Gasteiger partial charge on any atom is 0.359 e. The molecule has 2 aromatic heterocycles. The average molecular weight is 415 g/mol. The second kappa shape index (κ2) is 9.13. The van der Waals surface area contributed by atoms with Crippen LogP contribution >= 0.6 is 0 Å². The number of methoxy groups -OCH3 is 2. The van der Waals surface area contributed by atoms with Gasteiger partial charge in [-0.05, 0) is 42.0 Å². The summed E-state index contributed by atoms with van der Waals surface area (Å²) in [7, 11) is 3.14. The van der Waals surface area contributed by atoms with E-state index in [1.807, 2.05) is 48.5 Å². The smallest absolute Gasteiger partial charge is 0.359 e. The normalized spacial score (nSPS) is 10.5. The third-order valence-corrected chi connectivity index (χ3v) is 4.70. The van der Waals surface area contributed by atoms with E-state index >= 15 is 0 Å². The van der Waals surface area contributed by atoms with E-state index < -0.39 is 5.97 Å². The summed E-state index contributed by atoms with van der Waals surface area (Å²) < 4.78 is 17.9. The summed E-state index contributed by atoms with van der Waals surface area (Å²) in [6.45, 7) is 0.0588. The fourth-order valence-electron chi connectivity index (χ4n) is 3.14. The molecule has 156 valence electrons. The molecule has 0 radical (unpaired) electrons. The van der Waals surface area contributed by atoms with Gasteiger partial charge < -0.3 is 14.2 Å². The highest BCUT2D eigenvalue weighted by atomic mass is 16.5. The van der Waals surface area contributed by atoms with Gasteiger partial charge in [0.25, 0.3) is 0 Å². The zero-order valence-electron chi connectivity index (χ0n) is 17.2. The summed E-state index contributed by atoms with van der Waals surface area (Å²) in [4.78, 5) is 17.1. The maximum absolute atomic E-state index is 13.0. The van der Waals surface area contributed by atoms with Crippen LogP contribution < -0.4 is 9.47 Å². The van der Waals surface area contributed by atoms with Crippen molar-refractivity contribution in [1.82, 2.24) is 14.8 Å². The molecule has 0 aliphatic rings. The largest absolute Gasteiger partial charge is 0.493 e. The topological polar surface area (TPSA) is 75.5 Å². The Morgan fingerprint density at radius 1 is 0.935 bits per heavy atom. The van der Waals surface area contributed by atoms with E-state index in [0.717, 1.165) is 11.3 Å². The van der Waals surface area contributed by atoms with Crippen molar-refractivity contribution >= 4 is 5.97 Å². The Hall–Kier alpha value is -4.13. The standard InChI is InChI=1S/C24H21N3O4/c1-29-21-12-11-17(14-22(21)30-2)20-15-27(19-9-4-3-5-10-19)26-23(20)24(28)31-16-18-8-6-7-13-25-18/h3-15H,16H2,1-2H3. The quantitative estimate of drug-likeness (QED) is 0.419. The number of para-hydroxylation sites is 1. The summed E-state index contributed by atoms with van der Waals surface area (Å²) in [5.74, 6) is 0.617. The van der Waals surface area contributed by atoms with Crippen molar-refractivity contribution < 1.29 is 19.0 Å². The molecule has 0 aliphatic carbocycles. The van der Waals surface area contributed by atoms with Gasteiger partial charge in [-0.25, -0.2) is 9.48 Å². The third kappa shape index (κ3) is 4.40. The van der Waals surface area contributed by atoms with Gasteiger partial charge in [-0.2, -0.15) is 5.10 Å². The van der Waals surface area contributed by atoms with Gasteiger partial charge in [0.15, 0.2) is 17.2 Å². The lowest BCUT2D eigenvalue weighted by Crippen LogP contribution is -2.09. The lowest BCUT2D eigenvalue weighted by Gasteiger charge is -2.09. The summed E-state index contributed by atoms with van der Waals surface area (Å²) in [5.41, 5.74) is 3.06. The molecule has 0 fully saturated rings. The maximum atomic E-state index is 13.0. The van der Waals surface area contributed by atoms with Crippen molar-refractivity contribution in [1.29, 1.82) is 0 Å². The average Bonchev–Trinajstić information content (AvgIpc) is 3.29. The molecule has 4 aromatic rings. The number of nitrogens with zero attached hydrogens (tertiary/aromatic N) is 3. The predicted molar refractivity (Wildman–Crippen MR) is 115 cm³/mol. The lowest BCUT2D eigenvalue weighted by molar-refractivity contribution is 0.0461.